The monoisotopic (exact) mass is 393 g/mol. The molecule has 150 valence electrons. The van der Waals surface area contributed by atoms with Crippen molar-refractivity contribution in [3.63, 3.8) is 0 Å². The van der Waals surface area contributed by atoms with Crippen LogP contribution >= 0.6 is 0 Å². The summed E-state index contributed by atoms with van der Waals surface area (Å²) in [6.07, 6.45) is -0.0511. The molecule has 0 unspecified atom stereocenters. The van der Waals surface area contributed by atoms with E-state index >= 15 is 0 Å². The van der Waals surface area contributed by atoms with Crippen molar-refractivity contribution in [2.24, 2.45) is 0 Å². The highest BCUT2D eigenvalue weighted by Crippen LogP contribution is 2.48. The van der Waals surface area contributed by atoms with Gasteiger partial charge in [-0.05, 0) is 19.4 Å². The van der Waals surface area contributed by atoms with Crippen molar-refractivity contribution in [3.05, 3.63) is 72.4 Å². The van der Waals surface area contributed by atoms with Crippen molar-refractivity contribution in [2.45, 2.75) is 50.3 Å². The van der Waals surface area contributed by atoms with Crippen molar-refractivity contribution < 1.29 is 19.3 Å². The summed E-state index contributed by atoms with van der Waals surface area (Å²) in [5.41, 5.74) is 1.09. The van der Waals surface area contributed by atoms with E-state index in [0.29, 0.717) is 6.54 Å². The molecule has 0 saturated carbocycles. The molecule has 7 nitrogen and oxygen atoms in total. The molecule has 3 heterocycles. The Hall–Kier alpha value is -2.58. The summed E-state index contributed by atoms with van der Waals surface area (Å²) in [5, 5.41) is 20.3. The van der Waals surface area contributed by atoms with E-state index in [0.717, 1.165) is 16.8 Å². The Kier molecular flexibility index (Phi) is 4.29. The number of hydrogen-bond donors (Lipinski definition) is 1. The largest absolute Gasteiger partial charge is 0.379 e. The molecule has 2 aromatic carbocycles. The first-order chi connectivity index (χ1) is 14.0. The smallest absolute Gasteiger partial charge is 0.191 e. The molecule has 0 radical (unpaired) electrons. The highest BCUT2D eigenvalue weighted by molar-refractivity contribution is 5.57. The summed E-state index contributed by atoms with van der Waals surface area (Å²) in [7, 11) is 0. The average molecular weight is 393 g/mol. The Morgan fingerprint density at radius 1 is 1.00 bits per heavy atom. The Morgan fingerprint density at radius 3 is 2.41 bits per heavy atom. The van der Waals surface area contributed by atoms with Gasteiger partial charge in [-0.2, -0.15) is 0 Å². The van der Waals surface area contributed by atoms with Crippen molar-refractivity contribution in [1.82, 2.24) is 15.0 Å². The normalized spacial score (nSPS) is 30.4. The predicted octanol–water partition coefficient (Wildman–Crippen LogP) is 2.71. The van der Waals surface area contributed by atoms with Crippen LogP contribution in [0.4, 0.5) is 0 Å². The fourth-order valence-corrected chi connectivity index (χ4v) is 4.11. The van der Waals surface area contributed by atoms with Crippen LogP contribution < -0.4 is 0 Å². The predicted molar refractivity (Wildman–Crippen MR) is 104 cm³/mol. The van der Waals surface area contributed by atoms with Gasteiger partial charge in [-0.3, -0.25) is 0 Å². The van der Waals surface area contributed by atoms with Crippen molar-refractivity contribution >= 4 is 0 Å². The van der Waals surface area contributed by atoms with Crippen LogP contribution in [0.25, 0.3) is 11.3 Å². The molecule has 0 aliphatic carbocycles. The van der Waals surface area contributed by atoms with Gasteiger partial charge >= 0.3 is 0 Å². The minimum Gasteiger partial charge on any atom is -0.379 e. The molecule has 0 spiro atoms. The zero-order valence-electron chi connectivity index (χ0n) is 16.3. The maximum absolute atomic E-state index is 11.8. The quantitative estimate of drug-likeness (QED) is 0.734. The third-order valence-corrected chi connectivity index (χ3v) is 5.48. The average Bonchev–Trinajstić information content (AvgIpc) is 3.38. The van der Waals surface area contributed by atoms with E-state index in [1.165, 1.54) is 0 Å². The minimum absolute atomic E-state index is 0.311. The lowest BCUT2D eigenvalue weighted by Crippen LogP contribution is -2.47. The Balaban J connectivity index is 1.46. The van der Waals surface area contributed by atoms with E-state index in [4.69, 9.17) is 14.2 Å². The lowest BCUT2D eigenvalue weighted by Gasteiger charge is -2.34. The fraction of sp³-hybridized carbons (Fsp3) is 0.364. The number of aromatic nitrogens is 3. The topological polar surface area (TPSA) is 78.6 Å². The van der Waals surface area contributed by atoms with Crippen LogP contribution in [0.2, 0.25) is 0 Å². The minimum atomic E-state index is -1.38. The maximum Gasteiger partial charge on any atom is 0.191 e. The van der Waals surface area contributed by atoms with E-state index in [-0.39, 0.29) is 0 Å². The second kappa shape index (κ2) is 6.74. The lowest BCUT2D eigenvalue weighted by molar-refractivity contribution is -0.233. The molecule has 2 aliphatic heterocycles. The van der Waals surface area contributed by atoms with Crippen LogP contribution in [0.5, 0.6) is 0 Å². The van der Waals surface area contributed by atoms with E-state index in [2.05, 4.69) is 10.3 Å². The third-order valence-electron chi connectivity index (χ3n) is 5.48. The van der Waals surface area contributed by atoms with Crippen molar-refractivity contribution in [2.75, 3.05) is 0 Å². The molecular weight excluding hydrogens is 370 g/mol. The van der Waals surface area contributed by atoms with Gasteiger partial charge in [0.15, 0.2) is 12.1 Å². The van der Waals surface area contributed by atoms with E-state index in [1.807, 2.05) is 80.7 Å². The van der Waals surface area contributed by atoms with Gasteiger partial charge in [0, 0.05) is 5.56 Å². The molecule has 2 aliphatic rings. The van der Waals surface area contributed by atoms with Gasteiger partial charge in [-0.1, -0.05) is 65.9 Å². The van der Waals surface area contributed by atoms with Crippen LogP contribution in [0.3, 0.4) is 0 Å². The standard InChI is InChI=1S/C22H23N3O4/c1-21(2)28-19-20(29-21)27-18(22(19,26)16-11-7-4-8-12-16)14-25-13-17(23-24-25)15-9-5-3-6-10-15/h3-13,18-20,26H,14H2,1-2H3/t18-,19+,20+,22-/m1/s1. The SMILES string of the molecule is CC1(C)O[C@@H]2O[C@H](Cn3cc(-c4ccccc4)nn3)[C@](O)(c3ccccc3)[C@H]2O1. The van der Waals surface area contributed by atoms with Gasteiger partial charge in [0.1, 0.15) is 23.5 Å². The number of hydrogen-bond acceptors (Lipinski definition) is 6. The number of benzene rings is 2. The number of ether oxygens (including phenoxy) is 3. The highest BCUT2D eigenvalue weighted by atomic mass is 16.8. The molecule has 2 saturated heterocycles. The molecule has 1 aromatic heterocycles. The zero-order chi connectivity index (χ0) is 20.1. The Labute approximate surface area is 168 Å². The number of nitrogens with zero attached hydrogens (tertiary/aromatic N) is 3. The van der Waals surface area contributed by atoms with Gasteiger partial charge in [0.05, 0.1) is 12.7 Å². The van der Waals surface area contributed by atoms with Gasteiger partial charge in [0.25, 0.3) is 0 Å². The molecule has 2 fully saturated rings. The number of rotatable bonds is 4. The summed E-state index contributed by atoms with van der Waals surface area (Å²) < 4.78 is 19.7. The summed E-state index contributed by atoms with van der Waals surface area (Å²) in [5.74, 6) is -0.823. The van der Waals surface area contributed by atoms with Gasteiger partial charge in [0.2, 0.25) is 0 Å². The summed E-state index contributed by atoms with van der Waals surface area (Å²) in [6.45, 7) is 3.95. The van der Waals surface area contributed by atoms with Crippen LogP contribution in [0.15, 0.2) is 66.9 Å². The van der Waals surface area contributed by atoms with E-state index < -0.39 is 29.9 Å². The Bertz CT molecular complexity index is 992. The van der Waals surface area contributed by atoms with E-state index in [1.54, 1.807) is 4.68 Å². The summed E-state index contributed by atoms with van der Waals surface area (Å²) in [6, 6.07) is 19.3. The molecule has 3 aromatic rings. The zero-order valence-corrected chi connectivity index (χ0v) is 16.3. The van der Waals surface area contributed by atoms with Gasteiger partial charge in [-0.25, -0.2) is 4.68 Å². The van der Waals surface area contributed by atoms with E-state index in [9.17, 15) is 5.11 Å². The van der Waals surface area contributed by atoms with Crippen molar-refractivity contribution in [3.8, 4) is 11.3 Å². The lowest BCUT2D eigenvalue weighted by atomic mass is 9.84. The Morgan fingerprint density at radius 2 is 1.69 bits per heavy atom. The molecule has 29 heavy (non-hydrogen) atoms. The van der Waals surface area contributed by atoms with Crippen LogP contribution in [-0.4, -0.2) is 44.4 Å². The third kappa shape index (κ3) is 3.16. The molecule has 1 N–H and O–H groups in total. The highest BCUT2D eigenvalue weighted by Gasteiger charge is 2.63. The molecule has 5 rings (SSSR count). The second-order valence-electron chi connectivity index (χ2n) is 7.93. The molecule has 0 bridgehead atoms. The maximum atomic E-state index is 11.8. The first-order valence-electron chi connectivity index (χ1n) is 9.70. The first kappa shape index (κ1) is 18.4. The van der Waals surface area contributed by atoms with Gasteiger partial charge in [-0.15, -0.1) is 5.10 Å². The molecule has 4 atom stereocenters. The van der Waals surface area contributed by atoms with Crippen LogP contribution in [0, 0.1) is 0 Å². The number of fused-ring (bicyclic) bond motifs is 1. The number of aliphatic hydroxyl groups is 1. The molecule has 0 amide bonds. The molecule has 7 heteroatoms. The van der Waals surface area contributed by atoms with Crippen molar-refractivity contribution in [1.29, 1.82) is 0 Å². The fourth-order valence-electron chi connectivity index (χ4n) is 4.11. The van der Waals surface area contributed by atoms with Gasteiger partial charge < -0.3 is 19.3 Å². The second-order valence-corrected chi connectivity index (χ2v) is 7.93. The van der Waals surface area contributed by atoms with Crippen LogP contribution in [-0.2, 0) is 26.4 Å². The summed E-state index contributed by atoms with van der Waals surface area (Å²) in [4.78, 5) is 0. The molecular formula is C22H23N3O4. The first-order valence-corrected chi connectivity index (χ1v) is 9.70. The van der Waals surface area contributed by atoms with Crippen LogP contribution in [0.1, 0.15) is 19.4 Å². The summed E-state index contributed by atoms with van der Waals surface area (Å²) >= 11 is 0.